The van der Waals surface area contributed by atoms with Gasteiger partial charge in [0.05, 0.1) is 22.0 Å². The number of rotatable bonds is 7. The molecule has 1 amide bonds. The minimum absolute atomic E-state index is 0.140. The maximum Gasteiger partial charge on any atom is 0.412 e. The molecule has 0 aliphatic rings. The molecule has 3 N–H and O–H groups in total. The van der Waals surface area contributed by atoms with Crippen molar-refractivity contribution in [3.63, 3.8) is 0 Å². The molecule has 0 fully saturated rings. The summed E-state index contributed by atoms with van der Waals surface area (Å²) in [6, 6.07) is 12.8. The first-order valence-corrected chi connectivity index (χ1v) is 10.5. The van der Waals surface area contributed by atoms with Gasteiger partial charge in [-0.05, 0) is 42.5 Å². The zero-order valence-corrected chi connectivity index (χ0v) is 17.9. The van der Waals surface area contributed by atoms with Crippen molar-refractivity contribution in [2.75, 3.05) is 30.5 Å². The van der Waals surface area contributed by atoms with Gasteiger partial charge in [-0.1, -0.05) is 0 Å². The fourth-order valence-corrected chi connectivity index (χ4v) is 3.97. The van der Waals surface area contributed by atoms with E-state index in [2.05, 4.69) is 20.3 Å². The van der Waals surface area contributed by atoms with Gasteiger partial charge in [-0.2, -0.15) is 0 Å². The number of thiazole rings is 1. The molecular weight excluding hydrogens is 433 g/mol. The number of alkyl halides is 1. The first-order valence-electron chi connectivity index (χ1n) is 9.72. The van der Waals surface area contributed by atoms with Crippen molar-refractivity contribution in [3.8, 4) is 21.8 Å². The summed E-state index contributed by atoms with van der Waals surface area (Å²) in [7, 11) is 1.43. The number of aliphatic hydroxyl groups is 1. The lowest BCUT2D eigenvalue weighted by Crippen LogP contribution is -2.24. The number of halogens is 1. The Morgan fingerprint density at radius 1 is 1.16 bits per heavy atom. The molecule has 32 heavy (non-hydrogen) atoms. The van der Waals surface area contributed by atoms with Crippen LogP contribution in [-0.4, -0.2) is 57.6 Å². The molecule has 3 heterocycles. The summed E-state index contributed by atoms with van der Waals surface area (Å²) in [5.74, 6) is 0.334. The molecule has 0 radical (unpaired) electrons. The van der Waals surface area contributed by atoms with Gasteiger partial charge in [0.25, 0.3) is 0 Å². The van der Waals surface area contributed by atoms with Gasteiger partial charge in [0, 0.05) is 42.8 Å². The lowest BCUT2D eigenvalue weighted by Gasteiger charge is -2.11. The highest BCUT2D eigenvalue weighted by Gasteiger charge is 2.12. The van der Waals surface area contributed by atoms with E-state index in [1.807, 2.05) is 30.3 Å². The lowest BCUT2D eigenvalue weighted by atomic mass is 10.1. The van der Waals surface area contributed by atoms with Crippen molar-refractivity contribution < 1.29 is 19.4 Å². The number of nitrogens with one attached hydrogen (secondary N) is 1. The van der Waals surface area contributed by atoms with E-state index in [0.29, 0.717) is 11.5 Å². The van der Waals surface area contributed by atoms with E-state index in [1.54, 1.807) is 24.5 Å². The summed E-state index contributed by atoms with van der Waals surface area (Å²) >= 11 is 1.51. The first-order chi connectivity index (χ1) is 15.4. The Hall–Kier alpha value is -3.63. The standard InChI is InChI=1S/C22H20FN5O3S/c1-28(22(30)31)20-7-3-13(10-26-20)17-5-2-14(11-25-17)21-27-18-6-4-15(8-19(18)32-21)24-12-16(29)9-23/h2-8,10-11,16,24,29H,9,12H2,1H3,(H,30,31). The van der Waals surface area contributed by atoms with Crippen LogP contribution in [0.15, 0.2) is 54.9 Å². The number of hydrogen-bond acceptors (Lipinski definition) is 7. The highest BCUT2D eigenvalue weighted by Crippen LogP contribution is 2.32. The monoisotopic (exact) mass is 453 g/mol. The van der Waals surface area contributed by atoms with Crippen LogP contribution in [0.25, 0.3) is 32.0 Å². The number of aromatic nitrogens is 3. The van der Waals surface area contributed by atoms with Gasteiger partial charge in [0.15, 0.2) is 0 Å². The van der Waals surface area contributed by atoms with Crippen molar-refractivity contribution in [3.05, 3.63) is 54.9 Å². The minimum atomic E-state index is -1.08. The second kappa shape index (κ2) is 9.25. The van der Waals surface area contributed by atoms with Gasteiger partial charge in [-0.15, -0.1) is 11.3 Å². The fourth-order valence-electron chi connectivity index (χ4n) is 2.97. The number of aliphatic hydroxyl groups excluding tert-OH is 1. The molecule has 1 unspecified atom stereocenters. The van der Waals surface area contributed by atoms with E-state index < -0.39 is 18.9 Å². The molecule has 10 heteroatoms. The first kappa shape index (κ1) is 21.6. The predicted molar refractivity (Wildman–Crippen MR) is 123 cm³/mol. The van der Waals surface area contributed by atoms with Crippen LogP contribution in [-0.2, 0) is 0 Å². The molecular formula is C22H20FN5O3S. The summed E-state index contributed by atoms with van der Waals surface area (Å²) in [6.45, 7) is -0.649. The molecule has 0 saturated heterocycles. The van der Waals surface area contributed by atoms with Crippen LogP contribution in [0.5, 0.6) is 0 Å². The summed E-state index contributed by atoms with van der Waals surface area (Å²) < 4.78 is 13.4. The Morgan fingerprint density at radius 2 is 1.94 bits per heavy atom. The van der Waals surface area contributed by atoms with Crippen LogP contribution >= 0.6 is 11.3 Å². The zero-order valence-electron chi connectivity index (χ0n) is 17.1. The van der Waals surface area contributed by atoms with Crippen LogP contribution in [0.1, 0.15) is 0 Å². The maximum absolute atomic E-state index is 12.4. The predicted octanol–water partition coefficient (Wildman–Crippen LogP) is 4.28. The summed E-state index contributed by atoms with van der Waals surface area (Å²) in [6.07, 6.45) is 1.21. The van der Waals surface area contributed by atoms with Gasteiger partial charge >= 0.3 is 6.09 Å². The Kier molecular flexibility index (Phi) is 6.24. The molecule has 4 aromatic rings. The molecule has 0 bridgehead atoms. The van der Waals surface area contributed by atoms with E-state index in [1.165, 1.54) is 18.4 Å². The Balaban J connectivity index is 1.51. The van der Waals surface area contributed by atoms with E-state index >= 15 is 0 Å². The van der Waals surface area contributed by atoms with E-state index in [0.717, 1.165) is 36.9 Å². The molecule has 1 aromatic carbocycles. The highest BCUT2D eigenvalue weighted by molar-refractivity contribution is 7.21. The van der Waals surface area contributed by atoms with Crippen LogP contribution in [0, 0.1) is 0 Å². The molecule has 1 atom stereocenters. The minimum Gasteiger partial charge on any atom is -0.465 e. The molecule has 4 rings (SSSR count). The van der Waals surface area contributed by atoms with E-state index in [9.17, 15) is 14.3 Å². The van der Waals surface area contributed by atoms with Crippen molar-refractivity contribution in [2.24, 2.45) is 0 Å². The third-order valence-electron chi connectivity index (χ3n) is 4.79. The number of carboxylic acid groups (broad SMARTS) is 1. The molecule has 8 nitrogen and oxygen atoms in total. The van der Waals surface area contributed by atoms with Gasteiger partial charge < -0.3 is 15.5 Å². The molecule has 0 aliphatic heterocycles. The number of nitrogens with zero attached hydrogens (tertiary/aromatic N) is 4. The van der Waals surface area contributed by atoms with Crippen molar-refractivity contribution in [2.45, 2.75) is 6.10 Å². The summed E-state index contributed by atoms with van der Waals surface area (Å²) in [5, 5.41) is 22.2. The Labute approximate surface area is 187 Å². The van der Waals surface area contributed by atoms with Crippen LogP contribution in [0.4, 0.5) is 20.7 Å². The lowest BCUT2D eigenvalue weighted by molar-refractivity contribution is 0.151. The third kappa shape index (κ3) is 4.66. The van der Waals surface area contributed by atoms with Crippen LogP contribution in [0.2, 0.25) is 0 Å². The average molecular weight is 453 g/mol. The van der Waals surface area contributed by atoms with Crippen LogP contribution < -0.4 is 10.2 Å². The quantitative estimate of drug-likeness (QED) is 0.383. The normalized spacial score (nSPS) is 12.0. The number of pyridine rings is 2. The maximum atomic E-state index is 12.4. The van der Waals surface area contributed by atoms with Gasteiger partial charge in [0.2, 0.25) is 0 Å². The van der Waals surface area contributed by atoms with Crippen molar-refractivity contribution in [1.82, 2.24) is 15.0 Å². The Morgan fingerprint density at radius 3 is 2.59 bits per heavy atom. The van der Waals surface area contributed by atoms with Gasteiger partial charge in [-0.25, -0.2) is 19.2 Å². The molecule has 0 saturated carbocycles. The van der Waals surface area contributed by atoms with Gasteiger partial charge in [-0.3, -0.25) is 9.88 Å². The molecule has 3 aromatic heterocycles. The molecule has 0 spiro atoms. The number of hydrogen-bond donors (Lipinski definition) is 3. The number of fused-ring (bicyclic) bond motifs is 1. The summed E-state index contributed by atoms with van der Waals surface area (Å²) in [5.41, 5.74) is 3.98. The van der Waals surface area contributed by atoms with E-state index in [4.69, 9.17) is 5.11 Å². The molecule has 164 valence electrons. The molecule has 0 aliphatic carbocycles. The number of benzene rings is 1. The Bertz CT molecular complexity index is 1230. The third-order valence-corrected chi connectivity index (χ3v) is 5.86. The number of amides is 1. The fraction of sp³-hybridized carbons (Fsp3) is 0.182. The zero-order chi connectivity index (χ0) is 22.7. The van der Waals surface area contributed by atoms with Crippen molar-refractivity contribution >= 4 is 39.2 Å². The van der Waals surface area contributed by atoms with Crippen LogP contribution in [0.3, 0.4) is 0 Å². The second-order valence-corrected chi connectivity index (χ2v) is 8.10. The number of carbonyl (C=O) groups is 1. The van der Waals surface area contributed by atoms with E-state index in [-0.39, 0.29) is 6.54 Å². The largest absolute Gasteiger partial charge is 0.465 e. The SMILES string of the molecule is CN(C(=O)O)c1ccc(-c2ccc(-c3nc4ccc(NCC(O)CF)cc4s3)cn2)cn1. The smallest absolute Gasteiger partial charge is 0.412 e. The topological polar surface area (TPSA) is 111 Å². The van der Waals surface area contributed by atoms with Crippen molar-refractivity contribution in [1.29, 1.82) is 0 Å². The average Bonchev–Trinajstić information content (AvgIpc) is 3.25. The highest BCUT2D eigenvalue weighted by atomic mass is 32.1. The summed E-state index contributed by atoms with van der Waals surface area (Å²) in [4.78, 5) is 25.4. The number of anilines is 2. The second-order valence-electron chi connectivity index (χ2n) is 7.07. The van der Waals surface area contributed by atoms with Gasteiger partial charge in [0.1, 0.15) is 17.5 Å².